The summed E-state index contributed by atoms with van der Waals surface area (Å²) >= 11 is 0. The van der Waals surface area contributed by atoms with Gasteiger partial charge in [-0.15, -0.1) is 0 Å². The van der Waals surface area contributed by atoms with Crippen molar-refractivity contribution in [1.82, 2.24) is 9.80 Å². The van der Waals surface area contributed by atoms with Gasteiger partial charge in [-0.1, -0.05) is 6.07 Å². The Kier molecular flexibility index (Phi) is 3.95. The molecule has 0 atom stereocenters. The lowest BCUT2D eigenvalue weighted by atomic mass is 10.0. The topological polar surface area (TPSA) is 64.0 Å². The second kappa shape index (κ2) is 5.48. The quantitative estimate of drug-likeness (QED) is 0.844. The molecule has 104 valence electrons. The Morgan fingerprint density at radius 2 is 1.79 bits per heavy atom. The van der Waals surface area contributed by atoms with Crippen molar-refractivity contribution in [2.75, 3.05) is 27.2 Å². The molecular weight excluding hydrogens is 244 g/mol. The van der Waals surface area contributed by atoms with E-state index >= 15 is 0 Å². The van der Waals surface area contributed by atoms with Gasteiger partial charge in [0.25, 0.3) is 5.91 Å². The summed E-state index contributed by atoms with van der Waals surface area (Å²) in [6.07, 6.45) is 1.82. The Bertz CT molecular complexity index is 448. The van der Waals surface area contributed by atoms with Crippen LogP contribution in [0.2, 0.25) is 0 Å². The van der Waals surface area contributed by atoms with Crippen LogP contribution in [0.5, 0.6) is 11.5 Å². The van der Waals surface area contributed by atoms with Crippen LogP contribution < -0.4 is 0 Å². The summed E-state index contributed by atoms with van der Waals surface area (Å²) in [5.41, 5.74) is -0.0103. The lowest BCUT2D eigenvalue weighted by molar-refractivity contribution is 0.0653. The number of nitrogens with zero attached hydrogens (tertiary/aromatic N) is 2. The first kappa shape index (κ1) is 13.7. The zero-order valence-electron chi connectivity index (χ0n) is 11.3. The smallest absolute Gasteiger partial charge is 0.261 e. The number of phenolic OH excluding ortho intramolecular Hbond substituents is 2. The zero-order valence-corrected chi connectivity index (χ0v) is 11.3. The van der Waals surface area contributed by atoms with Gasteiger partial charge in [0.2, 0.25) is 0 Å². The lowest BCUT2D eigenvalue weighted by Crippen LogP contribution is -2.44. The van der Waals surface area contributed by atoms with E-state index < -0.39 is 0 Å². The molecule has 1 aromatic carbocycles. The molecule has 0 saturated carbocycles. The number of hydrogen-bond donors (Lipinski definition) is 2. The van der Waals surface area contributed by atoms with Gasteiger partial charge in [-0.25, -0.2) is 0 Å². The van der Waals surface area contributed by atoms with Crippen molar-refractivity contribution in [3.8, 4) is 11.5 Å². The molecule has 19 heavy (non-hydrogen) atoms. The van der Waals surface area contributed by atoms with Gasteiger partial charge in [-0.2, -0.15) is 0 Å². The minimum Gasteiger partial charge on any atom is -0.507 e. The van der Waals surface area contributed by atoms with E-state index in [1.54, 1.807) is 11.9 Å². The van der Waals surface area contributed by atoms with Gasteiger partial charge in [0.15, 0.2) is 0 Å². The second-order valence-corrected chi connectivity index (χ2v) is 5.12. The van der Waals surface area contributed by atoms with Crippen LogP contribution in [0, 0.1) is 0 Å². The Labute approximate surface area is 113 Å². The monoisotopic (exact) mass is 264 g/mol. The van der Waals surface area contributed by atoms with Crippen LogP contribution in [-0.4, -0.2) is 59.1 Å². The molecule has 0 aromatic heterocycles. The highest BCUT2D eigenvalue weighted by Crippen LogP contribution is 2.28. The number of carbonyl (C=O) groups is 1. The molecule has 5 nitrogen and oxygen atoms in total. The van der Waals surface area contributed by atoms with Gasteiger partial charge in [-0.05, 0) is 45.1 Å². The fourth-order valence-electron chi connectivity index (χ4n) is 2.47. The average molecular weight is 264 g/mol. The third-order valence-corrected chi connectivity index (χ3v) is 3.79. The fourth-order valence-corrected chi connectivity index (χ4v) is 2.47. The first-order chi connectivity index (χ1) is 9.00. The van der Waals surface area contributed by atoms with E-state index in [0.717, 1.165) is 25.9 Å². The molecule has 0 bridgehead atoms. The summed E-state index contributed by atoms with van der Waals surface area (Å²) in [6.45, 7) is 1.91. The van der Waals surface area contributed by atoms with E-state index in [4.69, 9.17) is 0 Å². The Balaban J connectivity index is 2.15. The number of rotatable bonds is 2. The standard InChI is InChI=1S/C14H20N2O3/c1-15-8-6-10(7-9-15)16(2)14(19)13-11(17)4-3-5-12(13)18/h3-5,10,17-18H,6-9H2,1-2H3. The minimum absolute atomic E-state index is 0.0103. The molecular formula is C14H20N2O3. The minimum atomic E-state index is -0.329. The first-order valence-corrected chi connectivity index (χ1v) is 6.47. The van der Waals surface area contributed by atoms with Gasteiger partial charge in [0.1, 0.15) is 17.1 Å². The van der Waals surface area contributed by atoms with Crippen LogP contribution in [0.3, 0.4) is 0 Å². The van der Waals surface area contributed by atoms with Crippen molar-refractivity contribution in [3.63, 3.8) is 0 Å². The summed E-state index contributed by atoms with van der Waals surface area (Å²) in [5, 5.41) is 19.5. The number of piperidine rings is 1. The highest BCUT2D eigenvalue weighted by atomic mass is 16.3. The molecule has 1 aromatic rings. The zero-order chi connectivity index (χ0) is 14.0. The van der Waals surface area contributed by atoms with Crippen molar-refractivity contribution in [2.45, 2.75) is 18.9 Å². The fraction of sp³-hybridized carbons (Fsp3) is 0.500. The largest absolute Gasteiger partial charge is 0.507 e. The van der Waals surface area contributed by atoms with Gasteiger partial charge in [0.05, 0.1) is 0 Å². The third-order valence-electron chi connectivity index (χ3n) is 3.79. The van der Waals surface area contributed by atoms with Gasteiger partial charge < -0.3 is 20.0 Å². The number of amides is 1. The van der Waals surface area contributed by atoms with Gasteiger partial charge in [0, 0.05) is 13.1 Å². The highest BCUT2D eigenvalue weighted by Gasteiger charge is 2.27. The van der Waals surface area contributed by atoms with Gasteiger partial charge in [-0.3, -0.25) is 4.79 Å². The number of benzene rings is 1. The van der Waals surface area contributed by atoms with E-state index in [2.05, 4.69) is 11.9 Å². The molecule has 0 radical (unpaired) electrons. The number of aromatic hydroxyl groups is 2. The average Bonchev–Trinajstić information content (AvgIpc) is 2.38. The summed E-state index contributed by atoms with van der Waals surface area (Å²) in [5.74, 6) is -0.681. The maximum absolute atomic E-state index is 12.4. The summed E-state index contributed by atoms with van der Waals surface area (Å²) in [6, 6.07) is 4.49. The highest BCUT2D eigenvalue weighted by molar-refractivity contribution is 5.99. The van der Waals surface area contributed by atoms with Crippen molar-refractivity contribution in [2.24, 2.45) is 0 Å². The molecule has 1 aliphatic heterocycles. The number of likely N-dealkylation sites (tertiary alicyclic amines) is 1. The number of phenols is 2. The summed E-state index contributed by atoms with van der Waals surface area (Å²) in [7, 11) is 3.79. The molecule has 1 heterocycles. The number of carbonyl (C=O) groups excluding carboxylic acids is 1. The predicted molar refractivity (Wildman–Crippen MR) is 72.4 cm³/mol. The van der Waals surface area contributed by atoms with E-state index in [1.165, 1.54) is 18.2 Å². The summed E-state index contributed by atoms with van der Waals surface area (Å²) < 4.78 is 0. The Morgan fingerprint density at radius 3 is 2.32 bits per heavy atom. The van der Waals surface area contributed by atoms with Crippen molar-refractivity contribution in [1.29, 1.82) is 0 Å². The molecule has 0 spiro atoms. The van der Waals surface area contributed by atoms with Crippen LogP contribution in [0.4, 0.5) is 0 Å². The molecule has 2 N–H and O–H groups in total. The predicted octanol–water partition coefficient (Wildman–Crippen LogP) is 1.26. The van der Waals surface area contributed by atoms with E-state index in [9.17, 15) is 15.0 Å². The molecule has 0 aliphatic carbocycles. The normalized spacial score (nSPS) is 17.4. The van der Waals surface area contributed by atoms with E-state index in [1.807, 2.05) is 0 Å². The first-order valence-electron chi connectivity index (χ1n) is 6.47. The maximum atomic E-state index is 12.4. The number of hydrogen-bond acceptors (Lipinski definition) is 4. The van der Waals surface area contributed by atoms with E-state index in [0.29, 0.717) is 0 Å². The van der Waals surface area contributed by atoms with Crippen LogP contribution in [0.1, 0.15) is 23.2 Å². The van der Waals surface area contributed by atoms with Crippen LogP contribution >= 0.6 is 0 Å². The SMILES string of the molecule is CN1CCC(N(C)C(=O)c2c(O)cccc2O)CC1. The summed E-state index contributed by atoms with van der Waals surface area (Å²) in [4.78, 5) is 16.2. The van der Waals surface area contributed by atoms with Crippen LogP contribution in [-0.2, 0) is 0 Å². The third kappa shape index (κ3) is 2.81. The van der Waals surface area contributed by atoms with Crippen LogP contribution in [0.25, 0.3) is 0 Å². The molecule has 1 amide bonds. The van der Waals surface area contributed by atoms with Crippen molar-refractivity contribution < 1.29 is 15.0 Å². The molecule has 1 aliphatic rings. The van der Waals surface area contributed by atoms with Crippen molar-refractivity contribution >= 4 is 5.91 Å². The van der Waals surface area contributed by atoms with Crippen molar-refractivity contribution in [3.05, 3.63) is 23.8 Å². The van der Waals surface area contributed by atoms with E-state index in [-0.39, 0.29) is 29.0 Å². The maximum Gasteiger partial charge on any atom is 0.261 e. The molecule has 2 rings (SSSR count). The van der Waals surface area contributed by atoms with Gasteiger partial charge >= 0.3 is 0 Å². The Hall–Kier alpha value is -1.75. The second-order valence-electron chi connectivity index (χ2n) is 5.12. The van der Waals surface area contributed by atoms with Crippen LogP contribution in [0.15, 0.2) is 18.2 Å². The lowest BCUT2D eigenvalue weighted by Gasteiger charge is -2.35. The molecule has 1 fully saturated rings. The molecule has 1 saturated heterocycles. The Morgan fingerprint density at radius 1 is 1.26 bits per heavy atom. The molecule has 0 unspecified atom stereocenters. The molecule has 5 heteroatoms.